The van der Waals surface area contributed by atoms with Crippen molar-refractivity contribution in [3.63, 3.8) is 0 Å². The van der Waals surface area contributed by atoms with Crippen LogP contribution in [0.2, 0.25) is 0 Å². The number of benzene rings is 1. The number of aliphatic imine (C=N–C) groups is 1. The number of hydrogen-bond acceptors (Lipinski definition) is 3. The SMILES string of the molecule is CN=C(NCCCOCC(C)C)NCCSc1ccccc1.I. The van der Waals surface area contributed by atoms with E-state index in [9.17, 15) is 0 Å². The zero-order valence-corrected chi connectivity index (χ0v) is 17.5. The molecule has 0 atom stereocenters. The first-order valence-corrected chi connectivity index (χ1v) is 8.91. The minimum atomic E-state index is 0. The van der Waals surface area contributed by atoms with Crippen molar-refractivity contribution in [3.05, 3.63) is 30.3 Å². The highest BCUT2D eigenvalue weighted by Gasteiger charge is 1.98. The van der Waals surface area contributed by atoms with Crippen LogP contribution in [0.1, 0.15) is 20.3 Å². The van der Waals surface area contributed by atoms with Crippen LogP contribution in [0.4, 0.5) is 0 Å². The molecular formula is C17H30IN3OS. The van der Waals surface area contributed by atoms with Gasteiger partial charge in [0, 0.05) is 44.0 Å². The summed E-state index contributed by atoms with van der Waals surface area (Å²) >= 11 is 1.85. The Hall–Kier alpha value is -0.470. The fourth-order valence-electron chi connectivity index (χ4n) is 1.78. The van der Waals surface area contributed by atoms with Crippen LogP contribution in [-0.2, 0) is 4.74 Å². The molecule has 0 radical (unpaired) electrons. The van der Waals surface area contributed by atoms with Crippen molar-refractivity contribution in [2.45, 2.75) is 25.2 Å². The van der Waals surface area contributed by atoms with Gasteiger partial charge in [-0.2, -0.15) is 0 Å². The van der Waals surface area contributed by atoms with Crippen LogP contribution >= 0.6 is 35.7 Å². The lowest BCUT2D eigenvalue weighted by molar-refractivity contribution is 0.108. The molecule has 0 aliphatic heterocycles. The van der Waals surface area contributed by atoms with Gasteiger partial charge < -0.3 is 15.4 Å². The van der Waals surface area contributed by atoms with Crippen LogP contribution in [0, 0.1) is 5.92 Å². The Morgan fingerprint density at radius 1 is 1.17 bits per heavy atom. The maximum absolute atomic E-state index is 5.55. The van der Waals surface area contributed by atoms with Crippen molar-refractivity contribution in [1.29, 1.82) is 0 Å². The maximum atomic E-state index is 5.55. The van der Waals surface area contributed by atoms with Gasteiger partial charge in [0.2, 0.25) is 0 Å². The normalized spacial score (nSPS) is 11.2. The summed E-state index contributed by atoms with van der Waals surface area (Å²) in [5.41, 5.74) is 0. The summed E-state index contributed by atoms with van der Waals surface area (Å²) in [4.78, 5) is 5.52. The molecule has 6 heteroatoms. The van der Waals surface area contributed by atoms with Crippen LogP contribution in [0.15, 0.2) is 40.2 Å². The second-order valence-electron chi connectivity index (χ2n) is 5.41. The lowest BCUT2D eigenvalue weighted by Gasteiger charge is -2.12. The molecule has 0 spiro atoms. The molecular weight excluding hydrogens is 421 g/mol. The molecule has 0 unspecified atom stereocenters. The molecule has 1 aromatic carbocycles. The van der Waals surface area contributed by atoms with E-state index in [1.54, 1.807) is 7.05 Å². The third-order valence-electron chi connectivity index (χ3n) is 2.84. The minimum absolute atomic E-state index is 0. The first-order chi connectivity index (χ1) is 10.7. The molecule has 0 heterocycles. The zero-order valence-electron chi connectivity index (χ0n) is 14.4. The van der Waals surface area contributed by atoms with E-state index in [2.05, 4.69) is 53.7 Å². The molecule has 0 saturated heterocycles. The number of halogens is 1. The number of thioether (sulfide) groups is 1. The second-order valence-corrected chi connectivity index (χ2v) is 6.58. The number of ether oxygens (including phenoxy) is 1. The van der Waals surface area contributed by atoms with Gasteiger partial charge in [0.1, 0.15) is 0 Å². The predicted octanol–water partition coefficient (Wildman–Crippen LogP) is 3.62. The van der Waals surface area contributed by atoms with Crippen molar-refractivity contribution in [2.24, 2.45) is 10.9 Å². The van der Waals surface area contributed by atoms with Crippen molar-refractivity contribution >= 4 is 41.7 Å². The van der Waals surface area contributed by atoms with Crippen LogP contribution in [0.5, 0.6) is 0 Å². The Morgan fingerprint density at radius 3 is 2.52 bits per heavy atom. The number of guanidine groups is 1. The van der Waals surface area contributed by atoms with Crippen LogP contribution in [0.3, 0.4) is 0 Å². The van der Waals surface area contributed by atoms with Crippen molar-refractivity contribution < 1.29 is 4.74 Å². The average molecular weight is 451 g/mol. The predicted molar refractivity (Wildman–Crippen MR) is 112 cm³/mol. The lowest BCUT2D eigenvalue weighted by Crippen LogP contribution is -2.39. The molecule has 132 valence electrons. The topological polar surface area (TPSA) is 45.7 Å². The smallest absolute Gasteiger partial charge is 0.191 e. The van der Waals surface area contributed by atoms with E-state index in [0.29, 0.717) is 5.92 Å². The van der Waals surface area contributed by atoms with E-state index >= 15 is 0 Å². The van der Waals surface area contributed by atoms with Gasteiger partial charge in [-0.15, -0.1) is 35.7 Å². The summed E-state index contributed by atoms with van der Waals surface area (Å²) in [6.07, 6.45) is 0.992. The third-order valence-corrected chi connectivity index (χ3v) is 3.85. The molecule has 0 aliphatic rings. The van der Waals surface area contributed by atoms with Gasteiger partial charge in [0.05, 0.1) is 0 Å². The van der Waals surface area contributed by atoms with E-state index in [1.165, 1.54) is 4.90 Å². The summed E-state index contributed by atoms with van der Waals surface area (Å²) in [5, 5.41) is 6.63. The lowest BCUT2D eigenvalue weighted by atomic mass is 10.2. The first kappa shape index (κ1) is 22.5. The maximum Gasteiger partial charge on any atom is 0.191 e. The molecule has 2 N–H and O–H groups in total. The van der Waals surface area contributed by atoms with Crippen molar-refractivity contribution in [3.8, 4) is 0 Å². The van der Waals surface area contributed by atoms with E-state index < -0.39 is 0 Å². The van der Waals surface area contributed by atoms with E-state index in [1.807, 2.05) is 17.8 Å². The molecule has 0 fully saturated rings. The Labute approximate surface area is 162 Å². The van der Waals surface area contributed by atoms with Gasteiger partial charge in [-0.1, -0.05) is 32.0 Å². The van der Waals surface area contributed by atoms with Gasteiger partial charge in [0.15, 0.2) is 5.96 Å². The molecule has 4 nitrogen and oxygen atoms in total. The van der Waals surface area contributed by atoms with Crippen LogP contribution in [-0.4, -0.2) is 45.1 Å². The molecule has 0 aliphatic carbocycles. The van der Waals surface area contributed by atoms with E-state index in [4.69, 9.17) is 4.74 Å². The van der Waals surface area contributed by atoms with Gasteiger partial charge >= 0.3 is 0 Å². The van der Waals surface area contributed by atoms with E-state index in [0.717, 1.165) is 44.4 Å². The molecule has 23 heavy (non-hydrogen) atoms. The quantitative estimate of drug-likeness (QED) is 0.188. The van der Waals surface area contributed by atoms with E-state index in [-0.39, 0.29) is 24.0 Å². The monoisotopic (exact) mass is 451 g/mol. The largest absolute Gasteiger partial charge is 0.381 e. The number of rotatable bonds is 10. The first-order valence-electron chi connectivity index (χ1n) is 7.92. The Balaban J connectivity index is 0.00000484. The second kappa shape index (κ2) is 15.1. The van der Waals surface area contributed by atoms with Crippen molar-refractivity contribution in [2.75, 3.05) is 39.1 Å². The number of nitrogens with one attached hydrogen (secondary N) is 2. The highest BCUT2D eigenvalue weighted by molar-refractivity contribution is 14.0. The highest BCUT2D eigenvalue weighted by atomic mass is 127. The third kappa shape index (κ3) is 12.6. The Bertz CT molecular complexity index is 416. The summed E-state index contributed by atoms with van der Waals surface area (Å²) in [5.74, 6) is 2.48. The average Bonchev–Trinajstić information content (AvgIpc) is 2.53. The number of nitrogens with zero attached hydrogens (tertiary/aromatic N) is 1. The summed E-state index contributed by atoms with van der Waals surface area (Å²) in [6.45, 7) is 7.73. The zero-order chi connectivity index (χ0) is 16.0. The highest BCUT2D eigenvalue weighted by Crippen LogP contribution is 2.15. The molecule has 0 bridgehead atoms. The van der Waals surface area contributed by atoms with Crippen LogP contribution in [0.25, 0.3) is 0 Å². The minimum Gasteiger partial charge on any atom is -0.381 e. The van der Waals surface area contributed by atoms with Gasteiger partial charge in [0.25, 0.3) is 0 Å². The molecule has 0 aromatic heterocycles. The summed E-state index contributed by atoms with van der Waals surface area (Å²) in [6, 6.07) is 10.4. The van der Waals surface area contributed by atoms with Gasteiger partial charge in [-0.05, 0) is 24.5 Å². The summed E-state index contributed by atoms with van der Waals surface area (Å²) < 4.78 is 5.55. The fraction of sp³-hybridized carbons (Fsp3) is 0.588. The number of hydrogen-bond donors (Lipinski definition) is 2. The fourth-order valence-corrected chi connectivity index (χ4v) is 2.57. The van der Waals surface area contributed by atoms with Gasteiger partial charge in [-0.25, -0.2) is 0 Å². The molecule has 1 rings (SSSR count). The van der Waals surface area contributed by atoms with Crippen molar-refractivity contribution in [1.82, 2.24) is 10.6 Å². The molecule has 0 amide bonds. The molecule has 0 saturated carbocycles. The Kier molecular flexibility index (Phi) is 14.8. The van der Waals surface area contributed by atoms with Crippen LogP contribution < -0.4 is 10.6 Å². The standard InChI is InChI=1S/C17H29N3OS.HI/c1-15(2)14-21-12-7-10-19-17(18-3)20-11-13-22-16-8-5-4-6-9-16;/h4-6,8-9,15H,7,10-14H2,1-3H3,(H2,18,19,20);1H. The van der Waals surface area contributed by atoms with Gasteiger partial charge in [-0.3, -0.25) is 4.99 Å². The summed E-state index contributed by atoms with van der Waals surface area (Å²) in [7, 11) is 1.80. The Morgan fingerprint density at radius 2 is 1.87 bits per heavy atom. The molecule has 1 aromatic rings.